The molecule has 1 saturated heterocycles. The van der Waals surface area contributed by atoms with Gasteiger partial charge in [-0.25, -0.2) is 4.21 Å². The molecule has 146 valence electrons. The molecule has 3 heterocycles. The van der Waals surface area contributed by atoms with E-state index in [4.69, 9.17) is 13.9 Å². The van der Waals surface area contributed by atoms with Gasteiger partial charge in [0.15, 0.2) is 11.3 Å². The first-order valence-electron chi connectivity index (χ1n) is 9.67. The Bertz CT molecular complexity index is 1050. The molecule has 28 heavy (non-hydrogen) atoms. The van der Waals surface area contributed by atoms with Crippen LogP contribution in [0.4, 0.5) is 0 Å². The molecule has 0 radical (unpaired) electrons. The van der Waals surface area contributed by atoms with E-state index in [-0.39, 0.29) is 0 Å². The van der Waals surface area contributed by atoms with Crippen LogP contribution in [-0.2, 0) is 28.5 Å². The van der Waals surface area contributed by atoms with Gasteiger partial charge in [0.05, 0.1) is 24.5 Å². The first-order valence-corrected chi connectivity index (χ1v) is 10.8. The smallest absolute Gasteiger partial charge is 0.176 e. The summed E-state index contributed by atoms with van der Waals surface area (Å²) in [6, 6.07) is 11.9. The summed E-state index contributed by atoms with van der Waals surface area (Å²) in [4.78, 5) is 1.54. The number of fused-ring (bicyclic) bond motifs is 3. The van der Waals surface area contributed by atoms with Crippen molar-refractivity contribution >= 4 is 21.8 Å². The van der Waals surface area contributed by atoms with Gasteiger partial charge in [0.25, 0.3) is 0 Å². The highest BCUT2D eigenvalue weighted by Gasteiger charge is 2.23. The van der Waals surface area contributed by atoms with E-state index in [1.165, 1.54) is 5.56 Å². The first-order chi connectivity index (χ1) is 13.7. The average Bonchev–Trinajstić information content (AvgIpc) is 3.41. The Morgan fingerprint density at radius 1 is 1.21 bits per heavy atom. The third kappa shape index (κ3) is 3.05. The molecule has 0 aliphatic carbocycles. The minimum atomic E-state index is -1.29. The van der Waals surface area contributed by atoms with Crippen LogP contribution in [0.1, 0.15) is 29.2 Å². The Labute approximate surface area is 166 Å². The maximum atomic E-state index is 13.4. The van der Waals surface area contributed by atoms with Gasteiger partial charge in [0.2, 0.25) is 0 Å². The predicted molar refractivity (Wildman–Crippen MR) is 107 cm³/mol. The maximum absolute atomic E-state index is 13.4. The molecular formula is C22H23NO4S. The zero-order valence-electron chi connectivity index (χ0n) is 15.8. The maximum Gasteiger partial charge on any atom is 0.176 e. The summed E-state index contributed by atoms with van der Waals surface area (Å²) in [5, 5.41) is 4.38. The Morgan fingerprint density at radius 2 is 2.14 bits per heavy atom. The number of hydrogen-bond donors (Lipinski definition) is 1. The van der Waals surface area contributed by atoms with Crippen molar-refractivity contribution in [3.63, 3.8) is 0 Å². The van der Waals surface area contributed by atoms with E-state index in [9.17, 15) is 4.21 Å². The standard InChI is InChI=1S/C22H23NO4S/c1-25-21-11-17(10-18-19-12-23-7-5-20(19)27-22(18)21)28(24)16-4-2-3-14(9-16)15-6-8-26-13-15/h2-4,9-11,15,23H,5-8,12-13H2,1H3. The second-order valence-corrected chi connectivity index (χ2v) is 8.81. The summed E-state index contributed by atoms with van der Waals surface area (Å²) in [5.41, 5.74) is 3.09. The van der Waals surface area contributed by atoms with Crippen LogP contribution in [0.2, 0.25) is 0 Å². The number of benzene rings is 2. The molecule has 1 N–H and O–H groups in total. The van der Waals surface area contributed by atoms with Gasteiger partial charge < -0.3 is 19.2 Å². The molecule has 2 aromatic carbocycles. The Hall–Kier alpha value is -2.15. The Kier molecular flexibility index (Phi) is 4.70. The molecular weight excluding hydrogens is 374 g/mol. The highest BCUT2D eigenvalue weighted by molar-refractivity contribution is 7.85. The molecule has 1 aromatic heterocycles. The normalized spacial score (nSPS) is 20.2. The monoisotopic (exact) mass is 397 g/mol. The van der Waals surface area contributed by atoms with Crippen LogP contribution in [-0.4, -0.2) is 31.1 Å². The molecule has 0 spiro atoms. The number of nitrogens with one attached hydrogen (secondary N) is 1. The Balaban J connectivity index is 1.57. The van der Waals surface area contributed by atoms with Crippen molar-refractivity contribution in [3.05, 3.63) is 53.3 Å². The van der Waals surface area contributed by atoms with Crippen molar-refractivity contribution in [1.29, 1.82) is 0 Å². The molecule has 5 nitrogen and oxygen atoms in total. The van der Waals surface area contributed by atoms with Crippen molar-refractivity contribution in [1.82, 2.24) is 5.32 Å². The van der Waals surface area contributed by atoms with E-state index in [0.717, 1.165) is 71.2 Å². The number of rotatable bonds is 4. The van der Waals surface area contributed by atoms with E-state index in [1.54, 1.807) is 7.11 Å². The van der Waals surface area contributed by atoms with E-state index in [0.29, 0.717) is 11.7 Å². The minimum absolute atomic E-state index is 0.390. The third-order valence-electron chi connectivity index (χ3n) is 5.65. The van der Waals surface area contributed by atoms with Gasteiger partial charge in [-0.15, -0.1) is 0 Å². The summed E-state index contributed by atoms with van der Waals surface area (Å²) in [6.07, 6.45) is 1.88. The number of methoxy groups -OCH3 is 1. The summed E-state index contributed by atoms with van der Waals surface area (Å²) in [7, 11) is 0.334. The summed E-state index contributed by atoms with van der Waals surface area (Å²) < 4.78 is 30.5. The molecule has 5 rings (SSSR count). The molecule has 2 aliphatic rings. The molecule has 6 heteroatoms. The van der Waals surface area contributed by atoms with Gasteiger partial charge in [0, 0.05) is 58.8 Å². The zero-order chi connectivity index (χ0) is 19.1. The molecule has 0 bridgehead atoms. The summed E-state index contributed by atoms with van der Waals surface area (Å²) >= 11 is 0. The number of hydrogen-bond acceptors (Lipinski definition) is 5. The van der Waals surface area contributed by atoms with Crippen LogP contribution >= 0.6 is 0 Å². The lowest BCUT2D eigenvalue weighted by atomic mass is 9.99. The molecule has 1 fully saturated rings. The molecule has 2 atom stereocenters. The van der Waals surface area contributed by atoms with Gasteiger partial charge in [-0.1, -0.05) is 12.1 Å². The van der Waals surface area contributed by atoms with Gasteiger partial charge in [0.1, 0.15) is 5.76 Å². The highest BCUT2D eigenvalue weighted by atomic mass is 32.2. The Morgan fingerprint density at radius 3 is 2.96 bits per heavy atom. The average molecular weight is 397 g/mol. The molecule has 2 aliphatic heterocycles. The fourth-order valence-electron chi connectivity index (χ4n) is 4.13. The third-order valence-corrected chi connectivity index (χ3v) is 7.00. The van der Waals surface area contributed by atoms with Gasteiger partial charge in [-0.3, -0.25) is 0 Å². The van der Waals surface area contributed by atoms with Gasteiger partial charge in [-0.2, -0.15) is 0 Å². The van der Waals surface area contributed by atoms with Crippen molar-refractivity contribution in [2.24, 2.45) is 0 Å². The van der Waals surface area contributed by atoms with Crippen molar-refractivity contribution < 1.29 is 18.1 Å². The lowest BCUT2D eigenvalue weighted by molar-refractivity contribution is 0.194. The van der Waals surface area contributed by atoms with E-state index < -0.39 is 10.8 Å². The largest absolute Gasteiger partial charge is 0.493 e. The van der Waals surface area contributed by atoms with Crippen LogP contribution in [0.5, 0.6) is 5.75 Å². The van der Waals surface area contributed by atoms with E-state index in [2.05, 4.69) is 17.4 Å². The molecule has 3 aromatic rings. The van der Waals surface area contributed by atoms with Crippen LogP contribution < -0.4 is 10.1 Å². The number of ether oxygens (including phenoxy) is 2. The zero-order valence-corrected chi connectivity index (χ0v) is 16.6. The van der Waals surface area contributed by atoms with Crippen molar-refractivity contribution in [2.75, 3.05) is 26.9 Å². The molecule has 0 saturated carbocycles. The van der Waals surface area contributed by atoms with Gasteiger partial charge in [-0.05, 0) is 30.2 Å². The van der Waals surface area contributed by atoms with E-state index >= 15 is 0 Å². The highest BCUT2D eigenvalue weighted by Crippen LogP contribution is 2.37. The number of furan rings is 1. The molecule has 2 unspecified atom stereocenters. The van der Waals surface area contributed by atoms with Gasteiger partial charge >= 0.3 is 0 Å². The fourth-order valence-corrected chi connectivity index (χ4v) is 5.28. The van der Waals surface area contributed by atoms with Crippen LogP contribution in [0.25, 0.3) is 11.0 Å². The van der Waals surface area contributed by atoms with Crippen LogP contribution in [0.15, 0.2) is 50.6 Å². The predicted octanol–water partition coefficient (Wildman–Crippen LogP) is 3.76. The summed E-state index contributed by atoms with van der Waals surface area (Å²) in [5.74, 6) is 2.02. The topological polar surface area (TPSA) is 60.7 Å². The second-order valence-electron chi connectivity index (χ2n) is 7.33. The lowest BCUT2D eigenvalue weighted by Gasteiger charge is -2.12. The fraction of sp³-hybridized carbons (Fsp3) is 0.364. The van der Waals surface area contributed by atoms with Crippen molar-refractivity contribution in [3.8, 4) is 5.75 Å². The lowest BCUT2D eigenvalue weighted by Crippen LogP contribution is -2.22. The van der Waals surface area contributed by atoms with Crippen LogP contribution in [0, 0.1) is 0 Å². The second kappa shape index (κ2) is 7.35. The van der Waals surface area contributed by atoms with E-state index in [1.807, 2.05) is 24.3 Å². The minimum Gasteiger partial charge on any atom is -0.493 e. The SMILES string of the molecule is COc1cc(S(=O)c2cccc(C3CCOC3)c2)cc2c3c(oc12)CCNC3. The van der Waals surface area contributed by atoms with Crippen molar-refractivity contribution in [2.45, 2.75) is 35.1 Å². The first kappa shape index (κ1) is 17.9. The van der Waals surface area contributed by atoms with Crippen LogP contribution in [0.3, 0.4) is 0 Å². The summed E-state index contributed by atoms with van der Waals surface area (Å²) in [6.45, 7) is 3.21. The molecule has 0 amide bonds. The quantitative estimate of drug-likeness (QED) is 0.726.